The lowest BCUT2D eigenvalue weighted by molar-refractivity contribution is -0.150. The van der Waals surface area contributed by atoms with E-state index in [2.05, 4.69) is 14.9 Å². The van der Waals surface area contributed by atoms with Crippen molar-refractivity contribution in [3.8, 4) is 0 Å². The van der Waals surface area contributed by atoms with Gasteiger partial charge in [-0.05, 0) is 18.8 Å². The number of carbonyl (C=O) groups is 1. The van der Waals surface area contributed by atoms with Crippen LogP contribution in [0.2, 0.25) is 0 Å². The third-order valence-corrected chi connectivity index (χ3v) is 4.23. The summed E-state index contributed by atoms with van der Waals surface area (Å²) in [7, 11) is 0. The van der Waals surface area contributed by atoms with Crippen LogP contribution in [-0.4, -0.2) is 34.1 Å². The summed E-state index contributed by atoms with van der Waals surface area (Å²) >= 11 is 0. The SMILES string of the molecule is CCc1cc(N2CCC(C(=O)O)(C(C)C)C2)ncn1. The number of rotatable bonds is 4. The molecule has 1 saturated heterocycles. The first-order valence-corrected chi connectivity index (χ1v) is 6.79. The van der Waals surface area contributed by atoms with Gasteiger partial charge >= 0.3 is 5.97 Å². The van der Waals surface area contributed by atoms with Crippen LogP contribution in [0.15, 0.2) is 12.4 Å². The second-order valence-corrected chi connectivity index (χ2v) is 5.51. The van der Waals surface area contributed by atoms with Gasteiger partial charge in [0.25, 0.3) is 0 Å². The molecule has 0 spiro atoms. The number of nitrogens with zero attached hydrogens (tertiary/aromatic N) is 3. The summed E-state index contributed by atoms with van der Waals surface area (Å²) in [6.45, 7) is 7.28. The molecule has 0 aliphatic carbocycles. The zero-order valence-corrected chi connectivity index (χ0v) is 11.8. The molecule has 2 heterocycles. The molecule has 1 atom stereocenters. The highest BCUT2D eigenvalue weighted by Crippen LogP contribution is 2.39. The molecule has 1 unspecified atom stereocenters. The van der Waals surface area contributed by atoms with Gasteiger partial charge in [0.1, 0.15) is 12.1 Å². The quantitative estimate of drug-likeness (QED) is 0.899. The van der Waals surface area contributed by atoms with E-state index in [1.54, 1.807) is 6.33 Å². The van der Waals surface area contributed by atoms with E-state index in [1.165, 1.54) is 0 Å². The predicted octanol–water partition coefficient (Wildman–Crippen LogP) is 1.98. The molecular weight excluding hydrogens is 242 g/mol. The van der Waals surface area contributed by atoms with Gasteiger partial charge in [-0.3, -0.25) is 4.79 Å². The van der Waals surface area contributed by atoms with Crippen LogP contribution in [-0.2, 0) is 11.2 Å². The minimum absolute atomic E-state index is 0.113. The van der Waals surface area contributed by atoms with Gasteiger partial charge in [-0.1, -0.05) is 20.8 Å². The van der Waals surface area contributed by atoms with Gasteiger partial charge < -0.3 is 10.0 Å². The number of aryl methyl sites for hydroxylation is 1. The molecule has 0 aromatic carbocycles. The number of hydrogen-bond acceptors (Lipinski definition) is 4. The third-order valence-electron chi connectivity index (χ3n) is 4.23. The maximum atomic E-state index is 11.6. The first kappa shape index (κ1) is 13.8. The van der Waals surface area contributed by atoms with Crippen molar-refractivity contribution >= 4 is 11.8 Å². The van der Waals surface area contributed by atoms with Gasteiger partial charge in [0.2, 0.25) is 0 Å². The number of carboxylic acid groups (broad SMARTS) is 1. The molecule has 5 heteroatoms. The molecular formula is C14H21N3O2. The van der Waals surface area contributed by atoms with Crippen LogP contribution in [0, 0.1) is 11.3 Å². The molecule has 5 nitrogen and oxygen atoms in total. The molecule has 1 N–H and O–H groups in total. The lowest BCUT2D eigenvalue weighted by Crippen LogP contribution is -2.39. The molecule has 1 fully saturated rings. The molecule has 1 aromatic rings. The summed E-state index contributed by atoms with van der Waals surface area (Å²) in [6.07, 6.45) is 3.09. The van der Waals surface area contributed by atoms with E-state index >= 15 is 0 Å². The van der Waals surface area contributed by atoms with E-state index in [-0.39, 0.29) is 5.92 Å². The van der Waals surface area contributed by atoms with Crippen molar-refractivity contribution in [2.24, 2.45) is 11.3 Å². The monoisotopic (exact) mass is 263 g/mol. The van der Waals surface area contributed by atoms with Crippen LogP contribution >= 0.6 is 0 Å². The molecule has 19 heavy (non-hydrogen) atoms. The Balaban J connectivity index is 2.23. The highest BCUT2D eigenvalue weighted by Gasteiger charge is 2.47. The standard InChI is InChI=1S/C14H21N3O2/c1-4-11-7-12(16-9-15-11)17-6-5-14(8-17,10(2)3)13(18)19/h7,9-10H,4-6,8H2,1-3H3,(H,18,19). The molecule has 1 aliphatic heterocycles. The van der Waals surface area contributed by atoms with Crippen molar-refractivity contribution in [1.82, 2.24) is 9.97 Å². The van der Waals surface area contributed by atoms with Crippen molar-refractivity contribution in [2.45, 2.75) is 33.6 Å². The molecule has 104 valence electrons. The minimum Gasteiger partial charge on any atom is -0.481 e. The smallest absolute Gasteiger partial charge is 0.311 e. The zero-order valence-electron chi connectivity index (χ0n) is 11.8. The zero-order chi connectivity index (χ0) is 14.0. The van der Waals surface area contributed by atoms with Crippen molar-refractivity contribution in [2.75, 3.05) is 18.0 Å². The van der Waals surface area contributed by atoms with Crippen molar-refractivity contribution in [3.05, 3.63) is 18.1 Å². The Bertz CT molecular complexity index is 476. The Kier molecular flexibility index (Phi) is 3.73. The Hall–Kier alpha value is -1.65. The largest absolute Gasteiger partial charge is 0.481 e. The van der Waals surface area contributed by atoms with E-state index in [1.807, 2.05) is 26.8 Å². The Morgan fingerprint density at radius 2 is 2.26 bits per heavy atom. The van der Waals surface area contributed by atoms with E-state index in [0.717, 1.165) is 24.5 Å². The first-order chi connectivity index (χ1) is 8.99. The maximum absolute atomic E-state index is 11.6. The van der Waals surface area contributed by atoms with E-state index in [0.29, 0.717) is 13.0 Å². The lowest BCUT2D eigenvalue weighted by atomic mass is 9.76. The van der Waals surface area contributed by atoms with Gasteiger partial charge in [-0.25, -0.2) is 9.97 Å². The second-order valence-electron chi connectivity index (χ2n) is 5.51. The molecule has 0 amide bonds. The van der Waals surface area contributed by atoms with Gasteiger partial charge in [-0.15, -0.1) is 0 Å². The number of hydrogen-bond donors (Lipinski definition) is 1. The summed E-state index contributed by atoms with van der Waals surface area (Å²) in [5, 5.41) is 9.54. The Morgan fingerprint density at radius 3 is 2.79 bits per heavy atom. The average Bonchev–Trinajstić information content (AvgIpc) is 2.85. The Labute approximate surface area is 113 Å². The van der Waals surface area contributed by atoms with Crippen LogP contribution in [0.3, 0.4) is 0 Å². The fraction of sp³-hybridized carbons (Fsp3) is 0.643. The van der Waals surface area contributed by atoms with Crippen LogP contribution in [0.1, 0.15) is 32.9 Å². The van der Waals surface area contributed by atoms with Gasteiger partial charge in [0.15, 0.2) is 0 Å². The molecule has 1 aliphatic rings. The van der Waals surface area contributed by atoms with Gasteiger partial charge in [-0.2, -0.15) is 0 Å². The molecule has 0 bridgehead atoms. The summed E-state index contributed by atoms with van der Waals surface area (Å²) in [6, 6.07) is 1.96. The normalized spacial score (nSPS) is 23.1. The Morgan fingerprint density at radius 1 is 1.53 bits per heavy atom. The molecule has 2 rings (SSSR count). The van der Waals surface area contributed by atoms with Crippen LogP contribution in [0.25, 0.3) is 0 Å². The lowest BCUT2D eigenvalue weighted by Gasteiger charge is -2.28. The second kappa shape index (κ2) is 5.15. The topological polar surface area (TPSA) is 66.3 Å². The van der Waals surface area contributed by atoms with E-state index < -0.39 is 11.4 Å². The van der Waals surface area contributed by atoms with Gasteiger partial charge in [0, 0.05) is 24.8 Å². The molecule has 0 saturated carbocycles. The molecule has 0 radical (unpaired) electrons. The highest BCUT2D eigenvalue weighted by molar-refractivity contribution is 5.77. The molecule has 1 aromatic heterocycles. The summed E-state index contributed by atoms with van der Waals surface area (Å²) in [4.78, 5) is 22.1. The van der Waals surface area contributed by atoms with Crippen LogP contribution in [0.4, 0.5) is 5.82 Å². The van der Waals surface area contributed by atoms with Crippen molar-refractivity contribution < 1.29 is 9.90 Å². The summed E-state index contributed by atoms with van der Waals surface area (Å²) in [5.41, 5.74) is 0.333. The van der Waals surface area contributed by atoms with Crippen molar-refractivity contribution in [3.63, 3.8) is 0 Å². The number of carboxylic acids is 1. The number of aliphatic carboxylic acids is 1. The fourth-order valence-electron chi connectivity index (χ4n) is 2.67. The average molecular weight is 263 g/mol. The van der Waals surface area contributed by atoms with E-state index in [4.69, 9.17) is 0 Å². The summed E-state index contributed by atoms with van der Waals surface area (Å²) < 4.78 is 0. The van der Waals surface area contributed by atoms with Gasteiger partial charge in [0.05, 0.1) is 5.41 Å². The number of aromatic nitrogens is 2. The summed E-state index contributed by atoms with van der Waals surface area (Å²) in [5.74, 6) is 0.257. The van der Waals surface area contributed by atoms with Crippen LogP contribution in [0.5, 0.6) is 0 Å². The predicted molar refractivity (Wildman–Crippen MR) is 73.1 cm³/mol. The maximum Gasteiger partial charge on any atom is 0.311 e. The van der Waals surface area contributed by atoms with E-state index in [9.17, 15) is 9.90 Å². The fourth-order valence-corrected chi connectivity index (χ4v) is 2.67. The first-order valence-electron chi connectivity index (χ1n) is 6.79. The third kappa shape index (κ3) is 2.41. The minimum atomic E-state index is -0.699. The van der Waals surface area contributed by atoms with Crippen molar-refractivity contribution in [1.29, 1.82) is 0 Å². The number of anilines is 1. The highest BCUT2D eigenvalue weighted by atomic mass is 16.4. The van der Waals surface area contributed by atoms with Crippen LogP contribution < -0.4 is 4.90 Å².